The summed E-state index contributed by atoms with van der Waals surface area (Å²) < 4.78 is 25.0. The van der Waals surface area contributed by atoms with Gasteiger partial charge in [0.1, 0.15) is 31.0 Å². The van der Waals surface area contributed by atoms with Crippen LogP contribution in [0, 0.1) is 6.92 Å². The lowest BCUT2D eigenvalue weighted by Gasteiger charge is -2.19. The Morgan fingerprint density at radius 1 is 0.831 bits per heavy atom. The van der Waals surface area contributed by atoms with Crippen LogP contribution < -0.4 is 0 Å². The lowest BCUT2D eigenvalue weighted by molar-refractivity contribution is -0.528. The van der Waals surface area contributed by atoms with Gasteiger partial charge in [-0.2, -0.15) is 0 Å². The second-order valence-electron chi connectivity index (χ2n) is 13.5. The quantitative estimate of drug-likeness (QED) is 0.0292. The standard InChI is InChI=1S/C41H46N6O12/c1-5-10-37-43-38-26(2)21-30(39-42-34-13-8-9-14-35(34)44(39)4)22-36(38)45(37)23-28-15-17-29(18-16-28)32-11-6-7-12-33(32)40(48)57-27(3)58-41(49)55-20-19-54-24-31(59-47(52)53)25-56-46(50)51/h6-9,11-18,21-22,27,31,50-53H,5,10,19-20,23-25H2,1-4H3/t27?,31-/m1/s1. The number of ether oxygens (including phenoxy) is 4. The maximum absolute atomic E-state index is 13.3. The molecule has 18 heteroatoms. The van der Waals surface area contributed by atoms with Gasteiger partial charge in [0.15, 0.2) is 0 Å². The van der Waals surface area contributed by atoms with Gasteiger partial charge < -0.3 is 28.1 Å². The van der Waals surface area contributed by atoms with Gasteiger partial charge in [-0.05, 0) is 65.9 Å². The first-order chi connectivity index (χ1) is 28.4. The zero-order chi connectivity index (χ0) is 42.1. The molecule has 0 aliphatic carbocycles. The molecule has 0 spiro atoms. The summed E-state index contributed by atoms with van der Waals surface area (Å²) in [6.07, 6.45) is -1.85. The number of hydrogen-bond acceptors (Lipinski definition) is 16. The molecule has 18 nitrogen and oxygen atoms in total. The fourth-order valence-electron chi connectivity index (χ4n) is 6.65. The van der Waals surface area contributed by atoms with Crippen molar-refractivity contribution in [2.75, 3.05) is 26.4 Å². The molecular weight excluding hydrogens is 768 g/mol. The summed E-state index contributed by atoms with van der Waals surface area (Å²) in [6.45, 7) is 4.84. The van der Waals surface area contributed by atoms with Crippen LogP contribution in [-0.4, -0.2) is 102 Å². The monoisotopic (exact) mass is 814 g/mol. The number of para-hydroxylation sites is 2. The number of imidazole rings is 2. The van der Waals surface area contributed by atoms with Crippen molar-refractivity contribution < 1.29 is 59.0 Å². The number of rotatable bonds is 19. The summed E-state index contributed by atoms with van der Waals surface area (Å²) in [5.41, 5.74) is 8.82. The summed E-state index contributed by atoms with van der Waals surface area (Å²) in [6, 6.07) is 27.3. The van der Waals surface area contributed by atoms with Crippen LogP contribution in [0.15, 0.2) is 84.9 Å². The Hall–Kier alpha value is -5.80. The zero-order valence-corrected chi connectivity index (χ0v) is 32.9. The molecule has 4 aromatic carbocycles. The Kier molecular flexibility index (Phi) is 14.3. The molecule has 6 rings (SSSR count). The third-order valence-electron chi connectivity index (χ3n) is 9.30. The minimum atomic E-state index is -1.30. The van der Waals surface area contributed by atoms with Crippen molar-refractivity contribution in [3.05, 3.63) is 107 Å². The molecule has 6 aromatic rings. The predicted octanol–water partition coefficient (Wildman–Crippen LogP) is 6.63. The van der Waals surface area contributed by atoms with Gasteiger partial charge in [-0.15, -0.1) is 0 Å². The zero-order valence-electron chi connectivity index (χ0n) is 32.9. The molecule has 1 unspecified atom stereocenters. The number of esters is 1. The van der Waals surface area contributed by atoms with E-state index in [0.29, 0.717) is 12.1 Å². The number of fused-ring (bicyclic) bond motifs is 2. The van der Waals surface area contributed by atoms with Crippen LogP contribution in [0.3, 0.4) is 0 Å². The molecule has 2 atom stereocenters. The fourth-order valence-corrected chi connectivity index (χ4v) is 6.65. The lowest BCUT2D eigenvalue weighted by atomic mass is 9.98. The second-order valence-corrected chi connectivity index (χ2v) is 13.5. The van der Waals surface area contributed by atoms with Crippen LogP contribution in [0.2, 0.25) is 0 Å². The number of benzene rings is 4. The first-order valence-corrected chi connectivity index (χ1v) is 18.8. The van der Waals surface area contributed by atoms with Crippen molar-refractivity contribution in [3.63, 3.8) is 0 Å². The Bertz CT molecular complexity index is 2360. The maximum Gasteiger partial charge on any atom is 0.511 e. The van der Waals surface area contributed by atoms with Crippen molar-refractivity contribution in [2.24, 2.45) is 7.05 Å². The molecule has 312 valence electrons. The van der Waals surface area contributed by atoms with Crippen molar-refractivity contribution in [1.82, 2.24) is 29.9 Å². The van der Waals surface area contributed by atoms with E-state index in [9.17, 15) is 9.59 Å². The van der Waals surface area contributed by atoms with Crippen LogP contribution in [0.4, 0.5) is 4.79 Å². The third-order valence-corrected chi connectivity index (χ3v) is 9.30. The minimum Gasteiger partial charge on any atom is -0.432 e. The highest BCUT2D eigenvalue weighted by atomic mass is 17.1. The Balaban J connectivity index is 1.09. The van der Waals surface area contributed by atoms with Crippen LogP contribution in [0.25, 0.3) is 44.6 Å². The highest BCUT2D eigenvalue weighted by Gasteiger charge is 2.21. The molecule has 59 heavy (non-hydrogen) atoms. The molecule has 2 heterocycles. The SMILES string of the molecule is CCCc1nc2c(C)cc(-c3nc4ccccc4n3C)cc2n1Cc1ccc(-c2ccccc2C(=O)OC(C)OC(=O)OCCOC[C@H](CON(O)O)ON(O)O)cc1. The normalized spacial score (nSPS) is 12.7. The first kappa shape index (κ1) is 42.8. The number of carbonyl (C=O) groups excluding carboxylic acids is 2. The van der Waals surface area contributed by atoms with E-state index >= 15 is 0 Å². The molecule has 0 bridgehead atoms. The molecule has 0 aliphatic heterocycles. The summed E-state index contributed by atoms with van der Waals surface area (Å²) >= 11 is 0. The predicted molar refractivity (Wildman–Crippen MR) is 209 cm³/mol. The summed E-state index contributed by atoms with van der Waals surface area (Å²) in [7, 11) is 2.03. The van der Waals surface area contributed by atoms with Crippen LogP contribution in [-0.2, 0) is 48.6 Å². The van der Waals surface area contributed by atoms with Gasteiger partial charge in [-0.3, -0.25) is 20.8 Å². The van der Waals surface area contributed by atoms with E-state index in [1.165, 1.54) is 6.92 Å². The van der Waals surface area contributed by atoms with Gasteiger partial charge in [0.05, 0.1) is 51.6 Å². The van der Waals surface area contributed by atoms with Gasteiger partial charge in [-0.25, -0.2) is 29.2 Å². The van der Waals surface area contributed by atoms with Gasteiger partial charge >= 0.3 is 12.1 Å². The van der Waals surface area contributed by atoms with E-state index in [4.69, 9.17) is 49.7 Å². The maximum atomic E-state index is 13.3. The van der Waals surface area contributed by atoms with Gasteiger partial charge in [0, 0.05) is 32.5 Å². The molecule has 0 radical (unpaired) electrons. The molecule has 0 amide bonds. The molecule has 2 aromatic heterocycles. The Morgan fingerprint density at radius 2 is 1.58 bits per heavy atom. The van der Waals surface area contributed by atoms with Gasteiger partial charge in [0.2, 0.25) is 6.29 Å². The Labute approximate surface area is 338 Å². The highest BCUT2D eigenvalue weighted by molar-refractivity contribution is 5.97. The number of aryl methyl sites for hydroxylation is 3. The summed E-state index contributed by atoms with van der Waals surface area (Å²) in [5.74, 6) is 1.18. The second kappa shape index (κ2) is 19.8. The van der Waals surface area contributed by atoms with Gasteiger partial charge in [0.25, 0.3) is 0 Å². The number of carbonyl (C=O) groups is 2. The van der Waals surface area contributed by atoms with E-state index < -0.39 is 41.9 Å². The fraction of sp³-hybridized carbons (Fsp3) is 0.317. The molecular formula is C41H46N6O12. The molecule has 0 saturated heterocycles. The summed E-state index contributed by atoms with van der Waals surface area (Å²) in [5, 5.41) is 33.7. The molecule has 0 aliphatic rings. The van der Waals surface area contributed by atoms with Crippen LogP contribution in [0.1, 0.15) is 47.6 Å². The lowest BCUT2D eigenvalue weighted by Crippen LogP contribution is -2.34. The van der Waals surface area contributed by atoms with Crippen molar-refractivity contribution in [2.45, 2.75) is 52.6 Å². The van der Waals surface area contributed by atoms with E-state index in [2.05, 4.69) is 50.9 Å². The van der Waals surface area contributed by atoms with Crippen molar-refractivity contribution in [1.29, 1.82) is 0 Å². The molecule has 0 saturated carbocycles. The van der Waals surface area contributed by atoms with Gasteiger partial charge in [-0.1, -0.05) is 61.5 Å². The third kappa shape index (κ3) is 10.8. The summed E-state index contributed by atoms with van der Waals surface area (Å²) in [4.78, 5) is 44.4. The van der Waals surface area contributed by atoms with E-state index in [-0.39, 0.29) is 25.4 Å². The van der Waals surface area contributed by atoms with Crippen molar-refractivity contribution >= 4 is 34.2 Å². The minimum absolute atomic E-state index is 0.183. The number of nitrogens with zero attached hydrogens (tertiary/aromatic N) is 6. The smallest absolute Gasteiger partial charge is 0.432 e. The Morgan fingerprint density at radius 3 is 2.31 bits per heavy atom. The molecule has 0 fully saturated rings. The van der Waals surface area contributed by atoms with E-state index in [1.54, 1.807) is 12.1 Å². The first-order valence-electron chi connectivity index (χ1n) is 18.8. The van der Waals surface area contributed by atoms with Crippen LogP contribution in [0.5, 0.6) is 0 Å². The average molecular weight is 815 g/mol. The largest absolute Gasteiger partial charge is 0.511 e. The molecule has 4 N–H and O–H groups in total. The van der Waals surface area contributed by atoms with Crippen molar-refractivity contribution in [3.8, 4) is 22.5 Å². The van der Waals surface area contributed by atoms with E-state index in [0.717, 1.165) is 68.8 Å². The number of aromatic nitrogens is 4. The number of hydrogen-bond donors (Lipinski definition) is 4. The van der Waals surface area contributed by atoms with Crippen LogP contribution >= 0.6 is 0 Å². The topological polar surface area (TPSA) is 213 Å². The average Bonchev–Trinajstić information content (AvgIpc) is 3.73. The van der Waals surface area contributed by atoms with E-state index in [1.807, 2.05) is 61.6 Å². The highest BCUT2D eigenvalue weighted by Crippen LogP contribution is 2.31.